The fourth-order valence-corrected chi connectivity index (χ4v) is 3.88. The van der Waals surface area contributed by atoms with Crippen molar-refractivity contribution in [3.8, 4) is 0 Å². The predicted molar refractivity (Wildman–Crippen MR) is 84.5 cm³/mol. The molecule has 2 N–H and O–H groups in total. The summed E-state index contributed by atoms with van der Waals surface area (Å²) >= 11 is 0.806. The number of anilines is 1. The van der Waals surface area contributed by atoms with Crippen molar-refractivity contribution in [1.82, 2.24) is 14.9 Å². The summed E-state index contributed by atoms with van der Waals surface area (Å²) in [4.78, 5) is 12.1. The third-order valence-electron chi connectivity index (χ3n) is 2.64. The summed E-state index contributed by atoms with van der Waals surface area (Å²) in [7, 11) is -3.70. The summed E-state index contributed by atoms with van der Waals surface area (Å²) in [5, 5.41) is 10.0. The molecule has 118 valence electrons. The zero-order chi connectivity index (χ0) is 16.3. The van der Waals surface area contributed by atoms with E-state index < -0.39 is 10.0 Å². The number of hydrogen-bond acceptors (Lipinski definition) is 6. The lowest BCUT2D eigenvalue weighted by Gasteiger charge is -2.05. The average Bonchev–Trinajstić information content (AvgIpc) is 2.87. The van der Waals surface area contributed by atoms with E-state index in [1.54, 1.807) is 26.0 Å². The maximum atomic E-state index is 12.1. The highest BCUT2D eigenvalue weighted by Crippen LogP contribution is 2.21. The Kier molecular flexibility index (Phi) is 4.89. The van der Waals surface area contributed by atoms with E-state index in [0.29, 0.717) is 5.56 Å². The lowest BCUT2D eigenvalue weighted by Crippen LogP contribution is -2.30. The van der Waals surface area contributed by atoms with Gasteiger partial charge in [0.15, 0.2) is 0 Å². The first kappa shape index (κ1) is 16.5. The van der Waals surface area contributed by atoms with Crippen LogP contribution in [-0.4, -0.2) is 30.6 Å². The van der Waals surface area contributed by atoms with Gasteiger partial charge in [-0.1, -0.05) is 29.5 Å². The molecule has 0 unspecified atom stereocenters. The number of rotatable bonds is 5. The van der Waals surface area contributed by atoms with Gasteiger partial charge in [-0.2, -0.15) is 0 Å². The maximum absolute atomic E-state index is 12.1. The van der Waals surface area contributed by atoms with Crippen LogP contribution in [0.1, 0.15) is 29.8 Å². The van der Waals surface area contributed by atoms with Gasteiger partial charge in [-0.3, -0.25) is 10.1 Å². The van der Waals surface area contributed by atoms with Crippen LogP contribution in [-0.2, 0) is 10.0 Å². The van der Waals surface area contributed by atoms with Crippen LogP contribution in [0, 0.1) is 6.92 Å². The number of aryl methyl sites for hydroxylation is 1. The van der Waals surface area contributed by atoms with Crippen molar-refractivity contribution in [2.24, 2.45) is 0 Å². The minimum absolute atomic E-state index is 0.136. The molecule has 2 rings (SSSR count). The number of aromatic nitrogens is 2. The normalized spacial score (nSPS) is 11.6. The molecule has 1 amide bonds. The van der Waals surface area contributed by atoms with Crippen LogP contribution in [0.2, 0.25) is 0 Å². The number of hydrogen-bond donors (Lipinski definition) is 2. The topological polar surface area (TPSA) is 101 Å². The number of benzene rings is 1. The number of sulfonamides is 1. The van der Waals surface area contributed by atoms with Crippen molar-refractivity contribution < 1.29 is 13.2 Å². The molecule has 0 aliphatic heterocycles. The predicted octanol–water partition coefficient (Wildman–Crippen LogP) is 1.79. The molecule has 0 saturated carbocycles. The maximum Gasteiger partial charge on any atom is 0.270 e. The fraction of sp³-hybridized carbons (Fsp3) is 0.308. The molecule has 2 aromatic rings. The number of nitrogens with one attached hydrogen (secondary N) is 2. The molecular weight excluding hydrogens is 324 g/mol. The Morgan fingerprint density at radius 1 is 1.23 bits per heavy atom. The molecule has 22 heavy (non-hydrogen) atoms. The Balaban J connectivity index is 2.16. The van der Waals surface area contributed by atoms with Crippen LogP contribution in [0.4, 0.5) is 5.13 Å². The van der Waals surface area contributed by atoms with Gasteiger partial charge in [0.05, 0.1) is 0 Å². The van der Waals surface area contributed by atoms with Crippen LogP contribution in [0.5, 0.6) is 0 Å². The highest BCUT2D eigenvalue weighted by atomic mass is 32.2. The van der Waals surface area contributed by atoms with Gasteiger partial charge in [-0.25, -0.2) is 13.1 Å². The Bertz CT molecular complexity index is 784. The molecule has 0 aliphatic carbocycles. The molecule has 0 fully saturated rings. The molecule has 7 nitrogen and oxygen atoms in total. The largest absolute Gasteiger partial charge is 0.296 e. The van der Waals surface area contributed by atoms with Gasteiger partial charge in [-0.15, -0.1) is 10.2 Å². The summed E-state index contributed by atoms with van der Waals surface area (Å²) in [6, 6.07) is 6.84. The smallest absolute Gasteiger partial charge is 0.270 e. The third kappa shape index (κ3) is 3.87. The zero-order valence-electron chi connectivity index (χ0n) is 12.3. The van der Waals surface area contributed by atoms with E-state index in [4.69, 9.17) is 0 Å². The van der Waals surface area contributed by atoms with Crippen molar-refractivity contribution in [1.29, 1.82) is 0 Å². The quantitative estimate of drug-likeness (QED) is 0.808. The molecular formula is C13H16N4O3S2. The fourth-order valence-electron chi connectivity index (χ4n) is 1.72. The van der Waals surface area contributed by atoms with E-state index in [1.165, 1.54) is 0 Å². The van der Waals surface area contributed by atoms with E-state index in [9.17, 15) is 13.2 Å². The first-order valence-electron chi connectivity index (χ1n) is 6.52. The van der Waals surface area contributed by atoms with Crippen molar-refractivity contribution >= 4 is 32.4 Å². The van der Waals surface area contributed by atoms with E-state index >= 15 is 0 Å². The summed E-state index contributed by atoms with van der Waals surface area (Å²) in [6.07, 6.45) is 0. The van der Waals surface area contributed by atoms with Crippen LogP contribution in [0.25, 0.3) is 0 Å². The van der Waals surface area contributed by atoms with Crippen molar-refractivity contribution in [3.63, 3.8) is 0 Å². The van der Waals surface area contributed by atoms with Gasteiger partial charge in [0.2, 0.25) is 9.47 Å². The SMILES string of the molecule is Cc1ccccc1C(=O)Nc1nnc(S(=O)(=O)NC(C)C)s1. The van der Waals surface area contributed by atoms with Gasteiger partial charge >= 0.3 is 0 Å². The average molecular weight is 340 g/mol. The first-order valence-corrected chi connectivity index (χ1v) is 8.82. The minimum atomic E-state index is -3.70. The number of amides is 1. The van der Waals surface area contributed by atoms with Gasteiger partial charge in [0.25, 0.3) is 15.9 Å². The standard InChI is InChI=1S/C13H16N4O3S2/c1-8(2)17-22(19,20)13-16-15-12(21-13)14-11(18)10-7-5-4-6-9(10)3/h4-8,17H,1-3H3,(H,14,15,18). The molecule has 1 aromatic heterocycles. The highest BCUT2D eigenvalue weighted by Gasteiger charge is 2.22. The second-order valence-corrected chi connectivity index (χ2v) is 7.78. The molecule has 0 saturated heterocycles. The number of carbonyl (C=O) groups is 1. The molecule has 1 aromatic carbocycles. The zero-order valence-corrected chi connectivity index (χ0v) is 14.0. The van der Waals surface area contributed by atoms with Gasteiger partial charge in [-0.05, 0) is 32.4 Å². The molecule has 0 radical (unpaired) electrons. The number of nitrogens with zero attached hydrogens (tertiary/aromatic N) is 2. The van der Waals surface area contributed by atoms with E-state index in [-0.39, 0.29) is 21.4 Å². The third-order valence-corrected chi connectivity index (χ3v) is 5.50. The Labute approximate surface area is 132 Å². The Morgan fingerprint density at radius 3 is 2.55 bits per heavy atom. The van der Waals surface area contributed by atoms with Crippen LogP contribution in [0.15, 0.2) is 28.6 Å². The molecule has 1 heterocycles. The summed E-state index contributed by atoms with van der Waals surface area (Å²) < 4.78 is 26.1. The lowest BCUT2D eigenvalue weighted by molar-refractivity contribution is 0.102. The first-order chi connectivity index (χ1) is 10.3. The minimum Gasteiger partial charge on any atom is -0.296 e. The van der Waals surface area contributed by atoms with Gasteiger partial charge in [0, 0.05) is 11.6 Å². The summed E-state index contributed by atoms with van der Waals surface area (Å²) in [5.41, 5.74) is 1.32. The van der Waals surface area contributed by atoms with Crippen molar-refractivity contribution in [3.05, 3.63) is 35.4 Å². The lowest BCUT2D eigenvalue weighted by atomic mass is 10.1. The monoisotopic (exact) mass is 340 g/mol. The molecule has 9 heteroatoms. The van der Waals surface area contributed by atoms with Crippen LogP contribution in [0.3, 0.4) is 0 Å². The molecule has 0 spiro atoms. The van der Waals surface area contributed by atoms with E-state index in [1.807, 2.05) is 19.1 Å². The highest BCUT2D eigenvalue weighted by molar-refractivity contribution is 7.91. The molecule has 0 aliphatic rings. The summed E-state index contributed by atoms with van der Waals surface area (Å²) in [5.74, 6) is -0.352. The van der Waals surface area contributed by atoms with Gasteiger partial charge < -0.3 is 0 Å². The van der Waals surface area contributed by atoms with Crippen molar-refractivity contribution in [2.75, 3.05) is 5.32 Å². The van der Waals surface area contributed by atoms with Gasteiger partial charge in [0.1, 0.15) is 0 Å². The Morgan fingerprint density at radius 2 is 1.91 bits per heavy atom. The van der Waals surface area contributed by atoms with Crippen LogP contribution >= 0.6 is 11.3 Å². The second-order valence-electron chi connectivity index (χ2n) is 4.92. The number of carbonyl (C=O) groups excluding carboxylic acids is 1. The van der Waals surface area contributed by atoms with E-state index in [2.05, 4.69) is 20.2 Å². The van der Waals surface area contributed by atoms with Crippen LogP contribution < -0.4 is 10.0 Å². The second kappa shape index (κ2) is 6.51. The molecule has 0 atom stereocenters. The van der Waals surface area contributed by atoms with E-state index in [0.717, 1.165) is 16.9 Å². The van der Waals surface area contributed by atoms with Crippen molar-refractivity contribution in [2.45, 2.75) is 31.2 Å². The molecule has 0 bridgehead atoms. The Hall–Kier alpha value is -1.84. The summed E-state index contributed by atoms with van der Waals surface area (Å²) in [6.45, 7) is 5.23.